The number of methoxy groups -OCH3 is 1. The lowest BCUT2D eigenvalue weighted by Crippen LogP contribution is -2.00. The molecular weight excluding hydrogens is 200 g/mol. The Bertz CT molecular complexity index is 350. The lowest BCUT2D eigenvalue weighted by atomic mass is 10.1. The lowest BCUT2D eigenvalue weighted by Gasteiger charge is -1.99. The van der Waals surface area contributed by atoms with Crippen LogP contribution in [0.2, 0.25) is 0 Å². The minimum absolute atomic E-state index is 0.290. The minimum Gasteiger partial charge on any atom is -0.465 e. The fourth-order valence-electron chi connectivity index (χ4n) is 1.39. The second-order valence-corrected chi connectivity index (χ2v) is 3.66. The van der Waals surface area contributed by atoms with E-state index in [0.717, 1.165) is 12.0 Å². The van der Waals surface area contributed by atoms with Crippen LogP contribution >= 0.6 is 0 Å². The van der Waals surface area contributed by atoms with Gasteiger partial charge >= 0.3 is 5.97 Å². The summed E-state index contributed by atoms with van der Waals surface area (Å²) >= 11 is 0. The van der Waals surface area contributed by atoms with Gasteiger partial charge in [-0.1, -0.05) is 44.1 Å². The highest BCUT2D eigenvalue weighted by Crippen LogP contribution is 2.08. The molecule has 0 fully saturated rings. The Kier molecular flexibility index (Phi) is 5.34. The van der Waals surface area contributed by atoms with Crippen molar-refractivity contribution in [2.75, 3.05) is 7.11 Å². The van der Waals surface area contributed by atoms with Crippen molar-refractivity contribution in [3.8, 4) is 0 Å². The first-order chi connectivity index (χ1) is 7.77. The van der Waals surface area contributed by atoms with Gasteiger partial charge in [0.05, 0.1) is 12.7 Å². The van der Waals surface area contributed by atoms with E-state index in [0.29, 0.717) is 5.56 Å². The molecule has 1 aromatic carbocycles. The van der Waals surface area contributed by atoms with Crippen LogP contribution in [0.15, 0.2) is 30.3 Å². The summed E-state index contributed by atoms with van der Waals surface area (Å²) in [6.45, 7) is 2.18. The molecule has 0 aliphatic rings. The zero-order valence-electron chi connectivity index (χ0n) is 9.90. The molecule has 0 amide bonds. The average molecular weight is 218 g/mol. The van der Waals surface area contributed by atoms with Gasteiger partial charge in [0.25, 0.3) is 0 Å². The van der Waals surface area contributed by atoms with E-state index in [9.17, 15) is 4.79 Å². The Labute approximate surface area is 96.9 Å². The zero-order chi connectivity index (χ0) is 11.8. The molecule has 16 heavy (non-hydrogen) atoms. The van der Waals surface area contributed by atoms with Crippen LogP contribution < -0.4 is 0 Å². The molecule has 0 heterocycles. The van der Waals surface area contributed by atoms with Crippen LogP contribution in [0.4, 0.5) is 0 Å². The number of allylic oxidation sites excluding steroid dienone is 1. The molecule has 0 saturated heterocycles. The largest absolute Gasteiger partial charge is 0.465 e. The first-order valence-electron chi connectivity index (χ1n) is 5.63. The van der Waals surface area contributed by atoms with Crippen molar-refractivity contribution in [1.29, 1.82) is 0 Å². The number of hydrogen-bond acceptors (Lipinski definition) is 2. The maximum Gasteiger partial charge on any atom is 0.337 e. The summed E-state index contributed by atoms with van der Waals surface area (Å²) < 4.78 is 4.63. The van der Waals surface area contributed by atoms with Gasteiger partial charge < -0.3 is 4.74 Å². The maximum atomic E-state index is 11.2. The molecule has 0 atom stereocenters. The Morgan fingerprint density at radius 3 is 2.56 bits per heavy atom. The van der Waals surface area contributed by atoms with Crippen LogP contribution in [0.3, 0.4) is 0 Å². The van der Waals surface area contributed by atoms with Gasteiger partial charge in [-0.05, 0) is 24.1 Å². The number of carbonyl (C=O) groups excluding carboxylic acids is 1. The quantitative estimate of drug-likeness (QED) is 0.556. The van der Waals surface area contributed by atoms with E-state index in [1.165, 1.54) is 20.0 Å². The monoisotopic (exact) mass is 218 g/mol. The van der Waals surface area contributed by atoms with Crippen molar-refractivity contribution >= 4 is 12.0 Å². The van der Waals surface area contributed by atoms with E-state index < -0.39 is 0 Å². The Hall–Kier alpha value is -1.57. The van der Waals surface area contributed by atoms with Crippen molar-refractivity contribution in [2.45, 2.75) is 26.2 Å². The van der Waals surface area contributed by atoms with E-state index in [4.69, 9.17) is 0 Å². The van der Waals surface area contributed by atoms with E-state index in [2.05, 4.69) is 23.8 Å². The van der Waals surface area contributed by atoms with Gasteiger partial charge in [0, 0.05) is 0 Å². The number of benzene rings is 1. The third kappa shape index (κ3) is 3.89. The Morgan fingerprint density at radius 1 is 1.31 bits per heavy atom. The standard InChI is InChI=1S/C14H18O2/c1-3-4-5-6-7-12-8-10-13(11-9-12)14(15)16-2/h6-11H,3-5H2,1-2H3. The van der Waals surface area contributed by atoms with Crippen molar-refractivity contribution in [1.82, 2.24) is 0 Å². The van der Waals surface area contributed by atoms with Crippen LogP contribution in [0.1, 0.15) is 42.1 Å². The molecule has 0 unspecified atom stereocenters. The fourth-order valence-corrected chi connectivity index (χ4v) is 1.39. The minimum atomic E-state index is -0.290. The molecule has 86 valence electrons. The van der Waals surface area contributed by atoms with E-state index in [1.54, 1.807) is 12.1 Å². The summed E-state index contributed by atoms with van der Waals surface area (Å²) in [4.78, 5) is 11.2. The molecule has 2 heteroatoms. The SMILES string of the molecule is CCCCC=Cc1ccc(C(=O)OC)cc1. The molecule has 1 rings (SSSR count). The molecule has 0 aliphatic heterocycles. The van der Waals surface area contributed by atoms with Gasteiger partial charge in [-0.15, -0.1) is 0 Å². The van der Waals surface area contributed by atoms with Gasteiger partial charge in [0.2, 0.25) is 0 Å². The Balaban J connectivity index is 2.57. The lowest BCUT2D eigenvalue weighted by molar-refractivity contribution is 0.0601. The predicted molar refractivity (Wildman–Crippen MR) is 66.3 cm³/mol. The number of carbonyl (C=O) groups is 1. The molecular formula is C14H18O2. The highest BCUT2D eigenvalue weighted by Gasteiger charge is 2.02. The number of unbranched alkanes of at least 4 members (excludes halogenated alkanes) is 2. The van der Waals surface area contributed by atoms with E-state index in [1.807, 2.05) is 12.1 Å². The van der Waals surface area contributed by atoms with Crippen molar-refractivity contribution in [3.63, 3.8) is 0 Å². The summed E-state index contributed by atoms with van der Waals surface area (Å²) in [5.74, 6) is -0.290. The summed E-state index contributed by atoms with van der Waals surface area (Å²) in [5.41, 5.74) is 1.71. The summed E-state index contributed by atoms with van der Waals surface area (Å²) in [6, 6.07) is 7.42. The van der Waals surface area contributed by atoms with E-state index in [-0.39, 0.29) is 5.97 Å². The van der Waals surface area contributed by atoms with Gasteiger partial charge in [-0.3, -0.25) is 0 Å². The van der Waals surface area contributed by atoms with Crippen LogP contribution in [-0.4, -0.2) is 13.1 Å². The molecule has 0 spiro atoms. The maximum absolute atomic E-state index is 11.2. The summed E-state index contributed by atoms with van der Waals surface area (Å²) in [5, 5.41) is 0. The van der Waals surface area contributed by atoms with Gasteiger partial charge in [0.15, 0.2) is 0 Å². The number of hydrogen-bond donors (Lipinski definition) is 0. The zero-order valence-corrected chi connectivity index (χ0v) is 9.90. The van der Waals surface area contributed by atoms with Crippen LogP contribution in [0.25, 0.3) is 6.08 Å². The van der Waals surface area contributed by atoms with Crippen LogP contribution in [0, 0.1) is 0 Å². The van der Waals surface area contributed by atoms with Gasteiger partial charge in [-0.25, -0.2) is 4.79 Å². The number of rotatable bonds is 5. The summed E-state index contributed by atoms with van der Waals surface area (Å²) in [7, 11) is 1.39. The third-order valence-corrected chi connectivity index (χ3v) is 2.37. The number of ether oxygens (including phenoxy) is 1. The van der Waals surface area contributed by atoms with Crippen molar-refractivity contribution in [3.05, 3.63) is 41.5 Å². The van der Waals surface area contributed by atoms with Crippen molar-refractivity contribution < 1.29 is 9.53 Å². The second kappa shape index (κ2) is 6.83. The fraction of sp³-hybridized carbons (Fsp3) is 0.357. The van der Waals surface area contributed by atoms with Gasteiger partial charge in [-0.2, -0.15) is 0 Å². The highest BCUT2D eigenvalue weighted by molar-refractivity contribution is 5.89. The Morgan fingerprint density at radius 2 is 2.00 bits per heavy atom. The summed E-state index contributed by atoms with van der Waals surface area (Å²) in [6.07, 6.45) is 7.78. The first-order valence-corrected chi connectivity index (χ1v) is 5.63. The molecule has 1 aromatic rings. The molecule has 0 N–H and O–H groups in total. The second-order valence-electron chi connectivity index (χ2n) is 3.66. The van der Waals surface area contributed by atoms with Crippen molar-refractivity contribution in [2.24, 2.45) is 0 Å². The highest BCUT2D eigenvalue weighted by atomic mass is 16.5. The van der Waals surface area contributed by atoms with Crippen LogP contribution in [0.5, 0.6) is 0 Å². The predicted octanol–water partition coefficient (Wildman–Crippen LogP) is 3.68. The first kappa shape index (κ1) is 12.5. The van der Waals surface area contributed by atoms with E-state index >= 15 is 0 Å². The molecule has 0 saturated carbocycles. The molecule has 0 bridgehead atoms. The van der Waals surface area contributed by atoms with Crippen LogP contribution in [-0.2, 0) is 4.74 Å². The number of esters is 1. The molecule has 2 nitrogen and oxygen atoms in total. The normalized spacial score (nSPS) is 10.6. The smallest absolute Gasteiger partial charge is 0.337 e. The average Bonchev–Trinajstić information content (AvgIpc) is 2.34. The molecule has 0 aliphatic carbocycles. The third-order valence-electron chi connectivity index (χ3n) is 2.37. The van der Waals surface area contributed by atoms with Gasteiger partial charge in [0.1, 0.15) is 0 Å². The molecule has 0 aromatic heterocycles. The topological polar surface area (TPSA) is 26.3 Å². The molecule has 0 radical (unpaired) electrons.